The third kappa shape index (κ3) is 2.72. The highest BCUT2D eigenvalue weighted by atomic mass is 32.1. The molecule has 26 heavy (non-hydrogen) atoms. The lowest BCUT2D eigenvalue weighted by Crippen LogP contribution is -2.23. The zero-order valence-electron chi connectivity index (χ0n) is 13.8. The van der Waals surface area contributed by atoms with E-state index in [1.54, 1.807) is 0 Å². The molecule has 4 rings (SSSR count). The summed E-state index contributed by atoms with van der Waals surface area (Å²) < 4.78 is 28.0. The number of thiophene rings is 1. The van der Waals surface area contributed by atoms with Gasteiger partial charge in [0.05, 0.1) is 18.3 Å². The van der Waals surface area contributed by atoms with Crippen molar-refractivity contribution in [1.29, 1.82) is 0 Å². The van der Waals surface area contributed by atoms with Crippen molar-refractivity contribution in [2.45, 2.75) is 20.0 Å². The van der Waals surface area contributed by atoms with Gasteiger partial charge in [0.15, 0.2) is 0 Å². The van der Waals surface area contributed by atoms with Crippen molar-refractivity contribution in [3.05, 3.63) is 70.8 Å². The van der Waals surface area contributed by atoms with Gasteiger partial charge in [0, 0.05) is 17.3 Å². The lowest BCUT2D eigenvalue weighted by atomic mass is 10.1. The van der Waals surface area contributed by atoms with Gasteiger partial charge in [-0.3, -0.25) is 13.9 Å². The molecule has 0 bridgehead atoms. The normalized spacial score (nSPS) is 11.5. The molecule has 3 heterocycles. The summed E-state index contributed by atoms with van der Waals surface area (Å²) in [6.07, 6.45) is 3.88. The second-order valence-corrected chi connectivity index (χ2v) is 6.81. The molecule has 0 unspecified atom stereocenters. The van der Waals surface area contributed by atoms with Gasteiger partial charge in [0.1, 0.15) is 10.7 Å². The number of hydrogen-bond acceptors (Lipinski definition) is 4. The first-order valence-corrected chi connectivity index (χ1v) is 8.71. The number of rotatable bonds is 4. The van der Waals surface area contributed by atoms with Crippen molar-refractivity contribution in [2.24, 2.45) is 0 Å². The molecule has 0 saturated heterocycles. The van der Waals surface area contributed by atoms with Gasteiger partial charge < -0.3 is 0 Å². The van der Waals surface area contributed by atoms with Crippen molar-refractivity contribution in [3.8, 4) is 10.4 Å². The number of halogens is 2. The van der Waals surface area contributed by atoms with Crippen LogP contribution in [0.3, 0.4) is 0 Å². The van der Waals surface area contributed by atoms with Gasteiger partial charge in [0.25, 0.3) is 5.56 Å². The average Bonchev–Trinajstić information content (AvgIpc) is 3.23. The number of alkyl halides is 2. The maximum absolute atomic E-state index is 13.0. The van der Waals surface area contributed by atoms with Gasteiger partial charge in [0.2, 0.25) is 0 Å². The number of aromatic nitrogens is 4. The van der Waals surface area contributed by atoms with Crippen LogP contribution in [0.1, 0.15) is 17.9 Å². The van der Waals surface area contributed by atoms with Crippen LogP contribution in [0.5, 0.6) is 0 Å². The molecule has 0 amide bonds. The maximum atomic E-state index is 13.0. The molecular weight excluding hydrogens is 358 g/mol. The van der Waals surface area contributed by atoms with Crippen LogP contribution in [0.15, 0.2) is 53.8 Å². The summed E-state index contributed by atoms with van der Waals surface area (Å²) in [5.74, 6) is 0.111. The Hall–Kier alpha value is -2.87. The smallest absolute Gasteiger partial charge is 0.291 e. The largest absolute Gasteiger partial charge is 0.319 e. The van der Waals surface area contributed by atoms with E-state index in [2.05, 4.69) is 9.97 Å². The third-order valence-electron chi connectivity index (χ3n) is 4.22. The number of fused-ring (bicyclic) bond motifs is 1. The zero-order valence-corrected chi connectivity index (χ0v) is 14.6. The summed E-state index contributed by atoms with van der Waals surface area (Å²) >= 11 is 1.45. The van der Waals surface area contributed by atoms with E-state index in [1.807, 2.05) is 37.3 Å². The first-order chi connectivity index (χ1) is 12.6. The van der Waals surface area contributed by atoms with E-state index >= 15 is 0 Å². The van der Waals surface area contributed by atoms with Crippen LogP contribution in [0.2, 0.25) is 0 Å². The molecule has 5 nitrogen and oxygen atoms in total. The Morgan fingerprint density at radius 2 is 1.96 bits per heavy atom. The second-order valence-electron chi connectivity index (χ2n) is 5.81. The molecule has 0 saturated carbocycles. The van der Waals surface area contributed by atoms with Gasteiger partial charge in [-0.1, -0.05) is 30.3 Å². The maximum Gasteiger partial charge on any atom is 0.319 e. The van der Waals surface area contributed by atoms with Crippen LogP contribution in [0.25, 0.3) is 20.7 Å². The van der Waals surface area contributed by atoms with Gasteiger partial charge in [-0.05, 0) is 18.1 Å². The topological polar surface area (TPSA) is 52.7 Å². The average molecular weight is 372 g/mol. The molecule has 0 radical (unpaired) electrons. The Balaban J connectivity index is 1.81. The molecular formula is C18H14F2N4OS. The lowest BCUT2D eigenvalue weighted by molar-refractivity contribution is 0.0666. The fraction of sp³-hybridized carbons (Fsp3) is 0.167. The van der Waals surface area contributed by atoms with E-state index in [-0.39, 0.29) is 17.9 Å². The molecule has 0 N–H and O–H groups in total. The third-order valence-corrected chi connectivity index (χ3v) is 5.47. The molecule has 4 aromatic rings. The van der Waals surface area contributed by atoms with Crippen molar-refractivity contribution in [2.75, 3.05) is 0 Å². The molecule has 0 aliphatic carbocycles. The highest BCUT2D eigenvalue weighted by Gasteiger charge is 2.17. The number of benzene rings is 1. The molecule has 0 fully saturated rings. The predicted molar refractivity (Wildman–Crippen MR) is 96.6 cm³/mol. The molecule has 0 aliphatic rings. The van der Waals surface area contributed by atoms with E-state index in [4.69, 9.17) is 0 Å². The number of imidazole rings is 1. The van der Waals surface area contributed by atoms with Crippen LogP contribution in [-0.2, 0) is 6.54 Å². The minimum Gasteiger partial charge on any atom is -0.291 e. The Bertz CT molecular complexity index is 1130. The lowest BCUT2D eigenvalue weighted by Gasteiger charge is -2.08. The monoisotopic (exact) mass is 372 g/mol. The van der Waals surface area contributed by atoms with Crippen LogP contribution in [-0.4, -0.2) is 19.1 Å². The van der Waals surface area contributed by atoms with Gasteiger partial charge in [-0.2, -0.15) is 8.78 Å². The highest BCUT2D eigenvalue weighted by molar-refractivity contribution is 7.22. The molecule has 0 atom stereocenters. The Kier molecular flexibility index (Phi) is 4.12. The highest BCUT2D eigenvalue weighted by Crippen LogP contribution is 2.35. The van der Waals surface area contributed by atoms with Gasteiger partial charge in [-0.25, -0.2) is 9.97 Å². The summed E-state index contributed by atoms with van der Waals surface area (Å²) in [4.78, 5) is 22.8. The molecule has 132 valence electrons. The molecule has 1 aromatic carbocycles. The summed E-state index contributed by atoms with van der Waals surface area (Å²) in [5, 5.41) is 0.520. The number of nitrogens with zero attached hydrogens (tertiary/aromatic N) is 4. The van der Waals surface area contributed by atoms with E-state index in [9.17, 15) is 13.6 Å². The van der Waals surface area contributed by atoms with Crippen LogP contribution in [0.4, 0.5) is 8.78 Å². The van der Waals surface area contributed by atoms with Crippen molar-refractivity contribution >= 4 is 21.6 Å². The number of aryl methyl sites for hydroxylation is 1. The Morgan fingerprint density at radius 3 is 2.69 bits per heavy atom. The van der Waals surface area contributed by atoms with Crippen LogP contribution < -0.4 is 5.56 Å². The number of hydrogen-bond donors (Lipinski definition) is 0. The Labute approximate surface area is 151 Å². The second kappa shape index (κ2) is 6.45. The van der Waals surface area contributed by atoms with Crippen LogP contribution >= 0.6 is 11.3 Å². The summed E-state index contributed by atoms with van der Waals surface area (Å²) in [6, 6.07) is 9.78. The fourth-order valence-electron chi connectivity index (χ4n) is 2.93. The fourth-order valence-corrected chi connectivity index (χ4v) is 4.08. The molecule has 3 aromatic heterocycles. The quantitative estimate of drug-likeness (QED) is 0.543. The van der Waals surface area contributed by atoms with Crippen molar-refractivity contribution < 1.29 is 8.78 Å². The van der Waals surface area contributed by atoms with E-state index in [1.165, 1.54) is 34.6 Å². The van der Waals surface area contributed by atoms with E-state index < -0.39 is 6.55 Å². The SMILES string of the molecule is Cc1c(-c2ccccc2)sc2ncn(Cc3nccn3C(F)F)c(=O)c12. The molecule has 0 aliphatic heterocycles. The van der Waals surface area contributed by atoms with E-state index in [0.717, 1.165) is 20.6 Å². The minimum absolute atomic E-state index is 0.0604. The Morgan fingerprint density at radius 1 is 1.19 bits per heavy atom. The summed E-state index contributed by atoms with van der Waals surface area (Å²) in [6.45, 7) is -0.878. The van der Waals surface area contributed by atoms with Gasteiger partial charge >= 0.3 is 6.55 Å². The molecule has 8 heteroatoms. The summed E-state index contributed by atoms with van der Waals surface area (Å²) in [7, 11) is 0. The molecule has 0 spiro atoms. The predicted octanol–water partition coefficient (Wildman–Crippen LogP) is 4.07. The van der Waals surface area contributed by atoms with Gasteiger partial charge in [-0.15, -0.1) is 11.3 Å². The zero-order chi connectivity index (χ0) is 18.3. The van der Waals surface area contributed by atoms with Crippen molar-refractivity contribution in [1.82, 2.24) is 19.1 Å². The first-order valence-electron chi connectivity index (χ1n) is 7.90. The first kappa shape index (κ1) is 16.6. The summed E-state index contributed by atoms with van der Waals surface area (Å²) in [5.41, 5.74) is 1.61. The minimum atomic E-state index is -2.70. The van der Waals surface area contributed by atoms with Crippen molar-refractivity contribution in [3.63, 3.8) is 0 Å². The van der Waals surface area contributed by atoms with E-state index in [0.29, 0.717) is 10.2 Å². The van der Waals surface area contributed by atoms with Crippen LogP contribution in [0, 0.1) is 6.92 Å². The standard InChI is InChI=1S/C18H14F2N4OS/c1-11-14-16(26-15(11)12-5-3-2-4-6-12)22-10-23(17(14)25)9-13-21-7-8-24(13)18(19)20/h2-8,10,18H,9H2,1H3.